The zero-order chi connectivity index (χ0) is 15.9. The van der Waals surface area contributed by atoms with E-state index in [9.17, 15) is 24.6 Å². The number of aliphatic carboxylic acids is 1. The molecular weight excluding hydrogens is 282 g/mol. The molecular formula is C13H21NO5S. The highest BCUT2D eigenvalue weighted by Gasteiger charge is 2.61. The number of carbonyl (C=O) groups excluding carboxylic acids is 1. The molecule has 3 unspecified atom stereocenters. The van der Waals surface area contributed by atoms with Crippen LogP contribution >= 0.6 is 11.8 Å². The molecule has 1 aliphatic rings. The van der Waals surface area contributed by atoms with Crippen LogP contribution in [0.2, 0.25) is 0 Å². The van der Waals surface area contributed by atoms with Crippen molar-refractivity contribution < 1.29 is 24.6 Å². The number of amides is 1. The monoisotopic (exact) mass is 303 g/mol. The van der Waals surface area contributed by atoms with Crippen LogP contribution < -0.4 is 0 Å². The van der Waals surface area contributed by atoms with Gasteiger partial charge in [-0.3, -0.25) is 9.69 Å². The van der Waals surface area contributed by atoms with Crippen LogP contribution in [0.5, 0.6) is 0 Å². The van der Waals surface area contributed by atoms with Crippen LogP contribution in [0, 0.1) is 11.3 Å². The second-order valence-corrected chi connectivity index (χ2v) is 7.75. The fourth-order valence-corrected chi connectivity index (χ4v) is 4.71. The van der Waals surface area contributed by atoms with Crippen LogP contribution in [-0.4, -0.2) is 49.6 Å². The number of likely N-dealkylation sites (tertiary alicyclic amines) is 1. The number of hydrogen-bond acceptors (Lipinski definition) is 4. The standard InChI is InChI=1S/C13H21NO5S/c1-7(15)20-8-6-14(11(18)19)13(5,10(16)17)9(8)12(2,3)4/h8-9H,6H2,1-5H3,(H,16,17)(H,18,19). The maximum absolute atomic E-state index is 11.7. The lowest BCUT2D eigenvalue weighted by molar-refractivity contribution is -0.152. The molecule has 0 aromatic carbocycles. The van der Waals surface area contributed by atoms with Gasteiger partial charge in [-0.1, -0.05) is 32.5 Å². The molecule has 20 heavy (non-hydrogen) atoms. The highest BCUT2D eigenvalue weighted by Crippen LogP contribution is 2.49. The Bertz CT molecular complexity index is 445. The maximum Gasteiger partial charge on any atom is 0.408 e. The number of thioether (sulfide) groups is 1. The third kappa shape index (κ3) is 2.77. The predicted octanol–water partition coefficient (Wildman–Crippen LogP) is 2.13. The van der Waals surface area contributed by atoms with Gasteiger partial charge < -0.3 is 10.2 Å². The van der Waals surface area contributed by atoms with Crippen molar-refractivity contribution in [3.63, 3.8) is 0 Å². The molecule has 1 amide bonds. The van der Waals surface area contributed by atoms with Gasteiger partial charge in [0.25, 0.3) is 0 Å². The van der Waals surface area contributed by atoms with Crippen molar-refractivity contribution in [3.8, 4) is 0 Å². The molecule has 1 aliphatic heterocycles. The Morgan fingerprint density at radius 3 is 2.05 bits per heavy atom. The summed E-state index contributed by atoms with van der Waals surface area (Å²) in [5, 5.41) is 18.4. The molecule has 1 fully saturated rings. The number of carbonyl (C=O) groups is 3. The summed E-state index contributed by atoms with van der Waals surface area (Å²) in [7, 11) is 0. The van der Waals surface area contributed by atoms with E-state index >= 15 is 0 Å². The van der Waals surface area contributed by atoms with E-state index in [-0.39, 0.29) is 16.9 Å². The summed E-state index contributed by atoms with van der Waals surface area (Å²) in [6.07, 6.45) is -1.27. The number of hydrogen-bond donors (Lipinski definition) is 2. The topological polar surface area (TPSA) is 94.9 Å². The Kier molecular flexibility index (Phi) is 4.43. The predicted molar refractivity (Wildman–Crippen MR) is 75.8 cm³/mol. The summed E-state index contributed by atoms with van der Waals surface area (Å²) in [5.41, 5.74) is -1.97. The first-order valence-corrected chi connectivity index (χ1v) is 7.21. The van der Waals surface area contributed by atoms with E-state index in [4.69, 9.17) is 0 Å². The molecule has 2 N–H and O–H groups in total. The summed E-state index contributed by atoms with van der Waals surface area (Å²) in [6.45, 7) is 8.50. The average Bonchev–Trinajstić information content (AvgIpc) is 2.51. The maximum atomic E-state index is 11.7. The summed E-state index contributed by atoms with van der Waals surface area (Å²) in [5.74, 6) is -1.64. The highest BCUT2D eigenvalue weighted by atomic mass is 32.2. The number of carboxylic acid groups (broad SMARTS) is 2. The molecule has 0 spiro atoms. The Hall–Kier alpha value is -1.24. The van der Waals surface area contributed by atoms with Crippen LogP contribution in [0.15, 0.2) is 0 Å². The Labute approximate surface area is 122 Å². The summed E-state index contributed by atoms with van der Waals surface area (Å²) in [4.78, 5) is 35.5. The second kappa shape index (κ2) is 5.27. The lowest BCUT2D eigenvalue weighted by Gasteiger charge is -2.41. The van der Waals surface area contributed by atoms with E-state index in [1.165, 1.54) is 13.8 Å². The molecule has 0 aliphatic carbocycles. The van der Waals surface area contributed by atoms with Crippen LogP contribution in [-0.2, 0) is 9.59 Å². The van der Waals surface area contributed by atoms with E-state index in [0.29, 0.717) is 0 Å². The largest absolute Gasteiger partial charge is 0.479 e. The van der Waals surface area contributed by atoms with Crippen molar-refractivity contribution in [2.24, 2.45) is 11.3 Å². The molecule has 3 atom stereocenters. The molecule has 0 radical (unpaired) electrons. The molecule has 0 saturated carbocycles. The van der Waals surface area contributed by atoms with E-state index in [1.807, 2.05) is 20.8 Å². The van der Waals surface area contributed by atoms with Crippen LogP contribution in [0.4, 0.5) is 4.79 Å². The Balaban J connectivity index is 3.36. The summed E-state index contributed by atoms with van der Waals surface area (Å²) < 4.78 is 0. The zero-order valence-corrected chi connectivity index (χ0v) is 13.2. The van der Waals surface area contributed by atoms with Gasteiger partial charge in [0.2, 0.25) is 0 Å². The SMILES string of the molecule is CC(=O)SC1CN(C(=O)O)C(C)(C(=O)O)C1C(C)(C)C. The van der Waals surface area contributed by atoms with Gasteiger partial charge in [-0.25, -0.2) is 9.59 Å². The summed E-state index contributed by atoms with van der Waals surface area (Å²) >= 11 is 1.03. The molecule has 7 heteroatoms. The van der Waals surface area contributed by atoms with E-state index in [2.05, 4.69) is 0 Å². The Morgan fingerprint density at radius 1 is 1.25 bits per heavy atom. The molecule has 0 aromatic rings. The molecule has 1 saturated heterocycles. The first-order valence-electron chi connectivity index (χ1n) is 6.33. The van der Waals surface area contributed by atoms with Gasteiger partial charge in [-0.2, -0.15) is 0 Å². The number of carboxylic acids is 1. The third-order valence-corrected chi connectivity index (χ3v) is 4.87. The molecule has 1 rings (SSSR count). The van der Waals surface area contributed by atoms with Crippen molar-refractivity contribution in [1.82, 2.24) is 4.90 Å². The van der Waals surface area contributed by atoms with Crippen molar-refractivity contribution in [2.45, 2.75) is 45.4 Å². The molecule has 114 valence electrons. The van der Waals surface area contributed by atoms with Gasteiger partial charge in [0.05, 0.1) is 0 Å². The van der Waals surface area contributed by atoms with Crippen molar-refractivity contribution >= 4 is 28.9 Å². The summed E-state index contributed by atoms with van der Waals surface area (Å²) in [6, 6.07) is 0. The van der Waals surface area contributed by atoms with Crippen molar-refractivity contribution in [2.75, 3.05) is 6.54 Å². The molecule has 0 aromatic heterocycles. The Morgan fingerprint density at radius 2 is 1.75 bits per heavy atom. The lowest BCUT2D eigenvalue weighted by Crippen LogP contribution is -2.57. The first-order chi connectivity index (χ1) is 8.92. The van der Waals surface area contributed by atoms with Crippen LogP contribution in [0.1, 0.15) is 34.6 Å². The fraction of sp³-hybridized carbons (Fsp3) is 0.769. The first kappa shape index (κ1) is 16.8. The fourth-order valence-electron chi connectivity index (χ4n) is 3.25. The normalized spacial score (nSPS) is 30.4. The lowest BCUT2D eigenvalue weighted by atomic mass is 9.69. The number of nitrogens with zero attached hydrogens (tertiary/aromatic N) is 1. The highest BCUT2D eigenvalue weighted by molar-refractivity contribution is 8.14. The van der Waals surface area contributed by atoms with E-state index < -0.39 is 28.9 Å². The van der Waals surface area contributed by atoms with Gasteiger partial charge in [-0.15, -0.1) is 0 Å². The van der Waals surface area contributed by atoms with Gasteiger partial charge in [-0.05, 0) is 12.3 Å². The zero-order valence-electron chi connectivity index (χ0n) is 12.3. The van der Waals surface area contributed by atoms with E-state index in [0.717, 1.165) is 16.7 Å². The average molecular weight is 303 g/mol. The van der Waals surface area contributed by atoms with E-state index in [1.54, 1.807) is 0 Å². The smallest absolute Gasteiger partial charge is 0.408 e. The van der Waals surface area contributed by atoms with Crippen molar-refractivity contribution in [3.05, 3.63) is 0 Å². The minimum atomic E-state index is -1.53. The minimum absolute atomic E-state index is 0.0459. The molecule has 0 bridgehead atoms. The third-order valence-electron chi connectivity index (χ3n) is 3.81. The minimum Gasteiger partial charge on any atom is -0.479 e. The molecule has 1 heterocycles. The van der Waals surface area contributed by atoms with Gasteiger partial charge in [0.1, 0.15) is 5.54 Å². The van der Waals surface area contributed by atoms with Gasteiger partial charge >= 0.3 is 12.1 Å². The van der Waals surface area contributed by atoms with Crippen LogP contribution in [0.25, 0.3) is 0 Å². The molecule has 6 nitrogen and oxygen atoms in total. The van der Waals surface area contributed by atoms with Gasteiger partial charge in [0, 0.05) is 24.6 Å². The van der Waals surface area contributed by atoms with Crippen LogP contribution in [0.3, 0.4) is 0 Å². The quantitative estimate of drug-likeness (QED) is 0.811. The second-order valence-electron chi connectivity index (χ2n) is 6.34. The van der Waals surface area contributed by atoms with Gasteiger partial charge in [0.15, 0.2) is 5.12 Å². The number of rotatable bonds is 2. The van der Waals surface area contributed by atoms with Crippen molar-refractivity contribution in [1.29, 1.82) is 0 Å².